The van der Waals surface area contributed by atoms with E-state index in [0.717, 1.165) is 27.1 Å². The molecule has 4 heteroatoms. The van der Waals surface area contributed by atoms with Gasteiger partial charge in [-0.2, -0.15) is 0 Å². The first-order chi connectivity index (χ1) is 10.1. The van der Waals surface area contributed by atoms with Crippen molar-refractivity contribution in [2.24, 2.45) is 0 Å². The minimum Gasteiger partial charge on any atom is -0.469 e. The van der Waals surface area contributed by atoms with Gasteiger partial charge in [0.2, 0.25) is 0 Å². The summed E-state index contributed by atoms with van der Waals surface area (Å²) in [5.74, 6) is 1.36. The van der Waals surface area contributed by atoms with Crippen molar-refractivity contribution in [3.63, 3.8) is 0 Å². The Morgan fingerprint density at radius 1 is 1.19 bits per heavy atom. The Bertz CT molecular complexity index is 638. The molecule has 3 nitrogen and oxygen atoms in total. The molecule has 0 radical (unpaired) electrons. The number of aryl methyl sites for hydroxylation is 2. The second kappa shape index (κ2) is 7.27. The molecule has 0 spiro atoms. The molecule has 0 aliphatic heterocycles. The molecule has 110 valence electrons. The smallest absolute Gasteiger partial charge is 0.305 e. The van der Waals surface area contributed by atoms with Crippen molar-refractivity contribution >= 4 is 21.9 Å². The van der Waals surface area contributed by atoms with Crippen LogP contribution in [0.2, 0.25) is 0 Å². The molecule has 0 fully saturated rings. The first-order valence-corrected chi connectivity index (χ1v) is 7.48. The zero-order valence-corrected chi connectivity index (χ0v) is 13.6. The first-order valence-electron chi connectivity index (χ1n) is 6.69. The van der Waals surface area contributed by atoms with Crippen LogP contribution in [0.5, 0.6) is 11.5 Å². The van der Waals surface area contributed by atoms with Crippen molar-refractivity contribution in [3.05, 3.63) is 58.1 Å². The van der Waals surface area contributed by atoms with Crippen LogP contribution in [0.15, 0.2) is 46.9 Å². The van der Waals surface area contributed by atoms with Crippen LogP contribution in [0.1, 0.15) is 17.5 Å². The Balaban J connectivity index is 2.08. The van der Waals surface area contributed by atoms with E-state index >= 15 is 0 Å². The molecular formula is C17H17BrO3. The lowest BCUT2D eigenvalue weighted by atomic mass is 10.0. The third-order valence-corrected chi connectivity index (χ3v) is 3.86. The largest absolute Gasteiger partial charge is 0.469 e. The van der Waals surface area contributed by atoms with Crippen LogP contribution >= 0.6 is 15.9 Å². The van der Waals surface area contributed by atoms with Crippen LogP contribution in [-0.2, 0) is 16.0 Å². The maximum atomic E-state index is 11.2. The van der Waals surface area contributed by atoms with E-state index in [0.29, 0.717) is 12.8 Å². The third kappa shape index (κ3) is 4.33. The van der Waals surface area contributed by atoms with Crippen LogP contribution in [0.25, 0.3) is 0 Å². The fourth-order valence-electron chi connectivity index (χ4n) is 2.01. The molecule has 0 unspecified atom stereocenters. The average Bonchev–Trinajstić information content (AvgIpc) is 2.48. The standard InChI is InChI=1S/C17H17BrO3/c1-12-11-14(21-16-6-4-3-5-15(16)18)9-7-13(12)8-10-17(19)20-2/h3-7,9,11H,8,10H2,1-2H3. The fraction of sp³-hybridized carbons (Fsp3) is 0.235. The molecule has 21 heavy (non-hydrogen) atoms. The molecule has 2 rings (SSSR count). The first kappa shape index (κ1) is 15.6. The van der Waals surface area contributed by atoms with E-state index in [9.17, 15) is 4.79 Å². The van der Waals surface area contributed by atoms with Crippen LogP contribution in [0, 0.1) is 6.92 Å². The van der Waals surface area contributed by atoms with Crippen molar-refractivity contribution < 1.29 is 14.3 Å². The van der Waals surface area contributed by atoms with Gasteiger partial charge >= 0.3 is 5.97 Å². The molecule has 0 N–H and O–H groups in total. The summed E-state index contributed by atoms with van der Waals surface area (Å²) in [6.07, 6.45) is 1.07. The predicted molar refractivity (Wildman–Crippen MR) is 85.7 cm³/mol. The second-order valence-corrected chi connectivity index (χ2v) is 5.55. The number of halogens is 1. The van der Waals surface area contributed by atoms with Crippen molar-refractivity contribution in [2.75, 3.05) is 7.11 Å². The number of ether oxygens (including phenoxy) is 2. The fourth-order valence-corrected chi connectivity index (χ4v) is 2.37. The molecule has 2 aromatic carbocycles. The molecule has 0 aromatic heterocycles. The number of carbonyl (C=O) groups is 1. The maximum absolute atomic E-state index is 11.2. The van der Waals surface area contributed by atoms with Crippen molar-refractivity contribution in [3.8, 4) is 11.5 Å². The van der Waals surface area contributed by atoms with Gasteiger partial charge in [-0.3, -0.25) is 4.79 Å². The maximum Gasteiger partial charge on any atom is 0.305 e. The van der Waals surface area contributed by atoms with Crippen LogP contribution < -0.4 is 4.74 Å². The van der Waals surface area contributed by atoms with Gasteiger partial charge in [-0.1, -0.05) is 18.2 Å². The Kier molecular flexibility index (Phi) is 5.39. The Morgan fingerprint density at radius 2 is 1.95 bits per heavy atom. The number of benzene rings is 2. The quantitative estimate of drug-likeness (QED) is 0.737. The minimum atomic E-state index is -0.192. The highest BCUT2D eigenvalue weighted by Gasteiger charge is 2.07. The normalized spacial score (nSPS) is 10.2. The molecule has 0 aliphatic rings. The monoisotopic (exact) mass is 348 g/mol. The number of methoxy groups -OCH3 is 1. The molecule has 0 atom stereocenters. The minimum absolute atomic E-state index is 0.192. The van der Waals surface area contributed by atoms with Crippen molar-refractivity contribution in [2.45, 2.75) is 19.8 Å². The highest BCUT2D eigenvalue weighted by Crippen LogP contribution is 2.30. The Morgan fingerprint density at radius 3 is 2.62 bits per heavy atom. The summed E-state index contributed by atoms with van der Waals surface area (Å²) in [6, 6.07) is 13.6. The number of carbonyl (C=O) groups excluding carboxylic acids is 1. The van der Waals surface area contributed by atoms with E-state index in [1.54, 1.807) is 0 Å². The molecule has 0 saturated carbocycles. The summed E-state index contributed by atoms with van der Waals surface area (Å²) in [7, 11) is 1.41. The molecule has 2 aromatic rings. The zero-order valence-electron chi connectivity index (χ0n) is 12.1. The van der Waals surface area contributed by atoms with Gasteiger partial charge in [-0.05, 0) is 64.7 Å². The lowest BCUT2D eigenvalue weighted by molar-refractivity contribution is -0.140. The van der Waals surface area contributed by atoms with Crippen molar-refractivity contribution in [1.29, 1.82) is 0 Å². The lowest BCUT2D eigenvalue weighted by Crippen LogP contribution is -2.02. The van der Waals surface area contributed by atoms with E-state index in [1.165, 1.54) is 7.11 Å². The van der Waals surface area contributed by atoms with Crippen molar-refractivity contribution in [1.82, 2.24) is 0 Å². The molecule has 0 bridgehead atoms. The summed E-state index contributed by atoms with van der Waals surface area (Å²) in [5, 5.41) is 0. The topological polar surface area (TPSA) is 35.5 Å². The molecular weight excluding hydrogens is 332 g/mol. The molecule has 0 heterocycles. The number of esters is 1. The molecule has 0 amide bonds. The van der Waals surface area contributed by atoms with Gasteiger partial charge in [-0.15, -0.1) is 0 Å². The highest BCUT2D eigenvalue weighted by atomic mass is 79.9. The third-order valence-electron chi connectivity index (χ3n) is 3.20. The summed E-state index contributed by atoms with van der Waals surface area (Å²) in [5.41, 5.74) is 2.23. The van der Waals surface area contributed by atoms with E-state index in [2.05, 4.69) is 20.7 Å². The average molecular weight is 349 g/mol. The van der Waals surface area contributed by atoms with E-state index in [-0.39, 0.29) is 5.97 Å². The SMILES string of the molecule is COC(=O)CCc1ccc(Oc2ccccc2Br)cc1C. The number of hydrogen-bond acceptors (Lipinski definition) is 3. The van der Waals surface area contributed by atoms with Gasteiger partial charge in [0.25, 0.3) is 0 Å². The Labute approximate surface area is 133 Å². The van der Waals surface area contributed by atoms with Crippen LogP contribution in [-0.4, -0.2) is 13.1 Å². The van der Waals surface area contributed by atoms with Gasteiger partial charge in [-0.25, -0.2) is 0 Å². The van der Waals surface area contributed by atoms with Gasteiger partial charge in [0.1, 0.15) is 11.5 Å². The number of hydrogen-bond donors (Lipinski definition) is 0. The molecule has 0 aliphatic carbocycles. The van der Waals surface area contributed by atoms with Gasteiger partial charge < -0.3 is 9.47 Å². The summed E-state index contributed by atoms with van der Waals surface area (Å²) < 4.78 is 11.4. The molecule has 0 saturated heterocycles. The van der Waals surface area contributed by atoms with E-state index < -0.39 is 0 Å². The van der Waals surface area contributed by atoms with E-state index in [1.807, 2.05) is 49.4 Å². The highest BCUT2D eigenvalue weighted by molar-refractivity contribution is 9.10. The Hall–Kier alpha value is -1.81. The van der Waals surface area contributed by atoms with Gasteiger partial charge in [0.05, 0.1) is 11.6 Å². The number of para-hydroxylation sites is 1. The lowest BCUT2D eigenvalue weighted by Gasteiger charge is -2.10. The summed E-state index contributed by atoms with van der Waals surface area (Å²) in [4.78, 5) is 11.2. The predicted octanol–water partition coefficient (Wildman–Crippen LogP) is 4.66. The summed E-state index contributed by atoms with van der Waals surface area (Å²) >= 11 is 3.46. The van der Waals surface area contributed by atoms with E-state index in [4.69, 9.17) is 4.74 Å². The number of rotatable bonds is 5. The van der Waals surface area contributed by atoms with Crippen LogP contribution in [0.4, 0.5) is 0 Å². The zero-order chi connectivity index (χ0) is 15.2. The van der Waals surface area contributed by atoms with Gasteiger partial charge in [0, 0.05) is 6.42 Å². The van der Waals surface area contributed by atoms with Crippen LogP contribution in [0.3, 0.4) is 0 Å². The van der Waals surface area contributed by atoms with Gasteiger partial charge in [0.15, 0.2) is 0 Å². The second-order valence-electron chi connectivity index (χ2n) is 4.70. The summed E-state index contributed by atoms with van der Waals surface area (Å²) in [6.45, 7) is 2.01.